The molecule has 0 aliphatic rings. The summed E-state index contributed by atoms with van der Waals surface area (Å²) >= 11 is 0. The first-order valence-corrected chi connectivity index (χ1v) is 6.02. The van der Waals surface area contributed by atoms with E-state index in [1.165, 1.54) is 0 Å². The summed E-state index contributed by atoms with van der Waals surface area (Å²) in [7, 11) is 0. The molecule has 0 bridgehead atoms. The standard InChI is InChI=1S/C11H19NO9/c12-5(1-2-8(16)17)11(20)21-4-7(15)10(19)9(18)6(14)3-13/h5-6,9-10,13-14,18-19H,1-4,12H2,(H,16,17)/t5-,6+,9+,10+/m0/s1. The number of carboxylic acid groups (broad SMARTS) is 1. The minimum absolute atomic E-state index is 0.184. The van der Waals surface area contributed by atoms with Crippen molar-refractivity contribution in [3.8, 4) is 0 Å². The molecule has 0 heterocycles. The van der Waals surface area contributed by atoms with Crippen LogP contribution in [0, 0.1) is 0 Å². The first kappa shape index (κ1) is 19.4. The molecule has 10 nitrogen and oxygen atoms in total. The van der Waals surface area contributed by atoms with Crippen molar-refractivity contribution in [3.05, 3.63) is 0 Å². The summed E-state index contributed by atoms with van der Waals surface area (Å²) in [6, 6.07) is -1.24. The van der Waals surface area contributed by atoms with Crippen LogP contribution in [0.1, 0.15) is 12.8 Å². The van der Waals surface area contributed by atoms with E-state index in [-0.39, 0.29) is 12.8 Å². The summed E-state index contributed by atoms with van der Waals surface area (Å²) in [5, 5.41) is 44.6. The average molecular weight is 309 g/mol. The molecule has 7 N–H and O–H groups in total. The number of carboxylic acids is 1. The van der Waals surface area contributed by atoms with Gasteiger partial charge in [0, 0.05) is 6.42 Å². The van der Waals surface area contributed by atoms with Crippen molar-refractivity contribution in [2.24, 2.45) is 5.73 Å². The van der Waals surface area contributed by atoms with Gasteiger partial charge in [-0.3, -0.25) is 14.4 Å². The second-order valence-electron chi connectivity index (χ2n) is 4.30. The van der Waals surface area contributed by atoms with Crippen LogP contribution < -0.4 is 5.73 Å². The lowest BCUT2D eigenvalue weighted by atomic mass is 10.1. The number of rotatable bonds is 10. The third-order valence-corrected chi connectivity index (χ3v) is 2.56. The molecule has 0 aliphatic heterocycles. The molecule has 21 heavy (non-hydrogen) atoms. The third-order valence-electron chi connectivity index (χ3n) is 2.56. The smallest absolute Gasteiger partial charge is 0.323 e. The van der Waals surface area contributed by atoms with E-state index in [0.29, 0.717) is 0 Å². The number of Topliss-reactive ketones (excluding diaryl/α,β-unsaturated/α-hetero) is 1. The SMILES string of the molecule is N[C@@H](CCC(=O)O)C(=O)OCC(=O)[C@@H](O)[C@H](O)[C@H](O)CO. The Morgan fingerprint density at radius 3 is 2.19 bits per heavy atom. The van der Waals surface area contributed by atoms with Crippen molar-refractivity contribution >= 4 is 17.7 Å². The van der Waals surface area contributed by atoms with E-state index in [4.69, 9.17) is 21.1 Å². The molecule has 0 aliphatic carbocycles. The number of aliphatic hydroxyl groups is 4. The Labute approximate surface area is 119 Å². The number of hydrogen-bond donors (Lipinski definition) is 6. The van der Waals surface area contributed by atoms with Crippen molar-refractivity contribution < 1.29 is 44.7 Å². The topological polar surface area (TPSA) is 188 Å². The lowest BCUT2D eigenvalue weighted by Gasteiger charge is -2.20. The minimum Gasteiger partial charge on any atom is -0.481 e. The molecular weight excluding hydrogens is 290 g/mol. The highest BCUT2D eigenvalue weighted by atomic mass is 16.5. The Balaban J connectivity index is 4.23. The third kappa shape index (κ3) is 7.11. The minimum atomic E-state index is -2.05. The quantitative estimate of drug-likeness (QED) is 0.220. The van der Waals surface area contributed by atoms with Crippen LogP contribution >= 0.6 is 0 Å². The number of nitrogens with two attached hydrogens (primary N) is 1. The average Bonchev–Trinajstić information content (AvgIpc) is 2.46. The number of ketones is 1. The molecule has 4 atom stereocenters. The molecule has 0 saturated heterocycles. The van der Waals surface area contributed by atoms with Gasteiger partial charge in [-0.1, -0.05) is 0 Å². The molecule has 0 aromatic rings. The predicted molar refractivity (Wildman–Crippen MR) is 65.9 cm³/mol. The first-order chi connectivity index (χ1) is 9.70. The summed E-state index contributed by atoms with van der Waals surface area (Å²) in [5.74, 6) is -3.28. The summed E-state index contributed by atoms with van der Waals surface area (Å²) in [4.78, 5) is 33.0. The van der Waals surface area contributed by atoms with Gasteiger partial charge in [-0.15, -0.1) is 0 Å². The zero-order valence-electron chi connectivity index (χ0n) is 11.1. The number of aliphatic hydroxyl groups excluding tert-OH is 4. The molecule has 10 heteroatoms. The van der Waals surface area contributed by atoms with E-state index in [9.17, 15) is 24.6 Å². The normalized spacial score (nSPS) is 16.6. The molecule has 0 saturated carbocycles. The number of ether oxygens (including phenoxy) is 1. The van der Waals surface area contributed by atoms with Crippen molar-refractivity contribution in [1.82, 2.24) is 0 Å². The van der Waals surface area contributed by atoms with Crippen molar-refractivity contribution in [1.29, 1.82) is 0 Å². The maximum absolute atomic E-state index is 11.4. The number of carbonyl (C=O) groups excluding carboxylic acids is 2. The van der Waals surface area contributed by atoms with Crippen molar-refractivity contribution in [2.75, 3.05) is 13.2 Å². The fraction of sp³-hybridized carbons (Fsp3) is 0.727. The van der Waals surface area contributed by atoms with Gasteiger partial charge in [-0.05, 0) is 6.42 Å². The van der Waals surface area contributed by atoms with E-state index < -0.39 is 55.3 Å². The van der Waals surface area contributed by atoms with E-state index in [0.717, 1.165) is 0 Å². The van der Waals surface area contributed by atoms with Gasteiger partial charge in [0.1, 0.15) is 24.4 Å². The highest BCUT2D eigenvalue weighted by Gasteiger charge is 2.30. The molecular formula is C11H19NO9. The Kier molecular flexibility index (Phi) is 8.66. The van der Waals surface area contributed by atoms with Crippen molar-refractivity contribution in [2.45, 2.75) is 37.2 Å². The second-order valence-corrected chi connectivity index (χ2v) is 4.30. The Morgan fingerprint density at radius 2 is 1.71 bits per heavy atom. The lowest BCUT2D eigenvalue weighted by Crippen LogP contribution is -2.45. The van der Waals surface area contributed by atoms with Gasteiger partial charge in [-0.25, -0.2) is 0 Å². The molecule has 0 aromatic heterocycles. The highest BCUT2D eigenvalue weighted by Crippen LogP contribution is 2.03. The van der Waals surface area contributed by atoms with E-state index >= 15 is 0 Å². The molecule has 0 rings (SSSR count). The largest absolute Gasteiger partial charge is 0.481 e. The van der Waals surface area contributed by atoms with Gasteiger partial charge >= 0.3 is 11.9 Å². The maximum Gasteiger partial charge on any atom is 0.323 e. The molecule has 0 spiro atoms. The molecule has 0 aromatic carbocycles. The van der Waals surface area contributed by atoms with Crippen LogP contribution in [0.15, 0.2) is 0 Å². The highest BCUT2D eigenvalue weighted by molar-refractivity contribution is 5.87. The summed E-state index contributed by atoms with van der Waals surface area (Å²) in [6.45, 7) is -1.78. The van der Waals surface area contributed by atoms with Crippen molar-refractivity contribution in [3.63, 3.8) is 0 Å². The Bertz CT molecular complexity index is 373. The fourth-order valence-electron chi connectivity index (χ4n) is 1.24. The summed E-state index contributed by atoms with van der Waals surface area (Å²) in [5.41, 5.74) is 5.32. The summed E-state index contributed by atoms with van der Waals surface area (Å²) < 4.78 is 4.46. The van der Waals surface area contributed by atoms with Crippen LogP contribution in [0.2, 0.25) is 0 Å². The predicted octanol–water partition coefficient (Wildman–Crippen LogP) is -3.63. The van der Waals surface area contributed by atoms with Crippen LogP contribution in [0.25, 0.3) is 0 Å². The molecule has 0 amide bonds. The van der Waals surface area contributed by atoms with Gasteiger partial charge in [0.05, 0.1) is 6.61 Å². The molecule has 0 fully saturated rings. The van der Waals surface area contributed by atoms with Gasteiger partial charge in [0.15, 0.2) is 6.61 Å². The fourth-order valence-corrected chi connectivity index (χ4v) is 1.24. The van der Waals surface area contributed by atoms with E-state index in [2.05, 4.69) is 4.74 Å². The van der Waals surface area contributed by atoms with Gasteiger partial charge < -0.3 is 36.0 Å². The monoisotopic (exact) mass is 309 g/mol. The first-order valence-electron chi connectivity index (χ1n) is 6.02. The van der Waals surface area contributed by atoms with Crippen LogP contribution in [-0.4, -0.2) is 80.8 Å². The second kappa shape index (κ2) is 9.37. The lowest BCUT2D eigenvalue weighted by molar-refractivity contribution is -0.156. The Hall–Kier alpha value is -1.59. The molecule has 0 unspecified atom stereocenters. The van der Waals surface area contributed by atoms with Gasteiger partial charge in [0.2, 0.25) is 5.78 Å². The van der Waals surface area contributed by atoms with Crippen LogP contribution in [0.4, 0.5) is 0 Å². The number of carbonyl (C=O) groups is 3. The van der Waals surface area contributed by atoms with E-state index in [1.807, 2.05) is 0 Å². The van der Waals surface area contributed by atoms with E-state index in [1.54, 1.807) is 0 Å². The number of hydrogen-bond acceptors (Lipinski definition) is 9. The molecule has 122 valence electrons. The Morgan fingerprint density at radius 1 is 1.14 bits per heavy atom. The van der Waals surface area contributed by atoms with Crippen LogP contribution in [-0.2, 0) is 19.1 Å². The van der Waals surface area contributed by atoms with Gasteiger partial charge in [0.25, 0.3) is 0 Å². The summed E-state index contributed by atoms with van der Waals surface area (Å²) in [6.07, 6.45) is -6.24. The van der Waals surface area contributed by atoms with Crippen LogP contribution in [0.5, 0.6) is 0 Å². The zero-order valence-corrected chi connectivity index (χ0v) is 11.1. The zero-order chi connectivity index (χ0) is 16.6. The number of esters is 1. The van der Waals surface area contributed by atoms with Gasteiger partial charge in [-0.2, -0.15) is 0 Å². The maximum atomic E-state index is 11.4. The molecule has 0 radical (unpaired) electrons. The number of aliphatic carboxylic acids is 1. The van der Waals surface area contributed by atoms with Crippen LogP contribution in [0.3, 0.4) is 0 Å².